The summed E-state index contributed by atoms with van der Waals surface area (Å²) in [4.78, 5) is 36.3. The fraction of sp³-hybridized carbons (Fsp3) is 0. The second-order valence-electron chi connectivity index (χ2n) is 5.68. The molecule has 2 aromatic carbocycles. The molecule has 0 radical (unpaired) electrons. The van der Waals surface area contributed by atoms with Crippen LogP contribution < -0.4 is 15.5 Å². The Morgan fingerprint density at radius 1 is 1.07 bits per heavy atom. The molecule has 0 aliphatic carbocycles. The molecular weight excluding hydrogens is 477 g/mol. The highest BCUT2D eigenvalue weighted by atomic mass is 79.9. The summed E-state index contributed by atoms with van der Waals surface area (Å²) in [6.07, 6.45) is 1.22. The predicted octanol–water partition coefficient (Wildman–Crippen LogP) is 3.96. The van der Waals surface area contributed by atoms with Crippen LogP contribution in [0.25, 0.3) is 0 Å². The Kier molecular flexibility index (Phi) is 7.04. The summed E-state index contributed by atoms with van der Waals surface area (Å²) in [6.45, 7) is 0. The summed E-state index contributed by atoms with van der Waals surface area (Å²) in [5.74, 6) is -3.18. The minimum Gasteiger partial charge on any atom is -0.422 e. The molecule has 3 aromatic rings. The zero-order valence-corrected chi connectivity index (χ0v) is 17.5. The Balaban J connectivity index is 1.61. The van der Waals surface area contributed by atoms with Gasteiger partial charge in [-0.2, -0.15) is 5.10 Å². The largest absolute Gasteiger partial charge is 0.422 e. The number of benzene rings is 2. The molecule has 0 aliphatic heterocycles. The van der Waals surface area contributed by atoms with Crippen molar-refractivity contribution in [1.82, 2.24) is 5.43 Å². The Morgan fingerprint density at radius 3 is 2.60 bits per heavy atom. The molecule has 7 nitrogen and oxygen atoms in total. The van der Waals surface area contributed by atoms with Gasteiger partial charge in [0.1, 0.15) is 16.4 Å². The van der Waals surface area contributed by atoms with Crippen molar-refractivity contribution in [3.63, 3.8) is 0 Å². The van der Waals surface area contributed by atoms with Gasteiger partial charge in [-0.25, -0.2) is 14.6 Å². The quantitative estimate of drug-likeness (QED) is 0.186. The van der Waals surface area contributed by atoms with E-state index in [4.69, 9.17) is 4.74 Å². The average Bonchev–Trinajstić information content (AvgIpc) is 3.26. The molecule has 3 rings (SSSR count). The lowest BCUT2D eigenvalue weighted by Gasteiger charge is -2.07. The zero-order chi connectivity index (χ0) is 21.5. The molecule has 0 bridgehead atoms. The summed E-state index contributed by atoms with van der Waals surface area (Å²) in [6, 6.07) is 13.9. The summed E-state index contributed by atoms with van der Waals surface area (Å²) in [7, 11) is 0. The lowest BCUT2D eigenvalue weighted by atomic mass is 10.2. The Labute approximate surface area is 182 Å². The van der Waals surface area contributed by atoms with Gasteiger partial charge in [-0.15, -0.1) is 11.3 Å². The van der Waals surface area contributed by atoms with Crippen LogP contribution in [0.2, 0.25) is 0 Å². The minimum absolute atomic E-state index is 0.145. The number of ether oxygens (including phenoxy) is 1. The first-order chi connectivity index (χ1) is 14.4. The van der Waals surface area contributed by atoms with E-state index < -0.39 is 23.6 Å². The van der Waals surface area contributed by atoms with Crippen molar-refractivity contribution in [3.8, 4) is 5.75 Å². The van der Waals surface area contributed by atoms with E-state index in [1.54, 1.807) is 41.8 Å². The van der Waals surface area contributed by atoms with E-state index >= 15 is 0 Å². The lowest BCUT2D eigenvalue weighted by molar-refractivity contribution is -0.136. The number of anilines is 1. The first-order valence-corrected chi connectivity index (χ1v) is 10.1. The van der Waals surface area contributed by atoms with Gasteiger partial charge in [-0.1, -0.05) is 34.1 Å². The van der Waals surface area contributed by atoms with Crippen molar-refractivity contribution in [3.05, 3.63) is 80.7 Å². The number of thiophene rings is 1. The van der Waals surface area contributed by atoms with Gasteiger partial charge in [0.2, 0.25) is 0 Å². The van der Waals surface area contributed by atoms with E-state index in [-0.39, 0.29) is 11.4 Å². The average molecular weight is 490 g/mol. The second kappa shape index (κ2) is 9.90. The number of hydrazone groups is 1. The van der Waals surface area contributed by atoms with Gasteiger partial charge in [-0.05, 0) is 41.8 Å². The van der Waals surface area contributed by atoms with Crippen LogP contribution in [0, 0.1) is 5.82 Å². The van der Waals surface area contributed by atoms with Crippen molar-refractivity contribution in [1.29, 1.82) is 0 Å². The number of para-hydroxylation sites is 1. The van der Waals surface area contributed by atoms with Crippen molar-refractivity contribution in [2.45, 2.75) is 0 Å². The van der Waals surface area contributed by atoms with Gasteiger partial charge in [0, 0.05) is 10.0 Å². The molecule has 152 valence electrons. The van der Waals surface area contributed by atoms with E-state index in [1.165, 1.54) is 29.7 Å². The number of carbonyl (C=O) groups excluding carboxylic acids is 3. The van der Waals surface area contributed by atoms with Gasteiger partial charge >= 0.3 is 17.8 Å². The number of halogens is 2. The number of nitrogens with zero attached hydrogens (tertiary/aromatic N) is 1. The smallest absolute Gasteiger partial charge is 0.353 e. The molecule has 30 heavy (non-hydrogen) atoms. The van der Waals surface area contributed by atoms with Crippen molar-refractivity contribution in [2.75, 3.05) is 5.32 Å². The van der Waals surface area contributed by atoms with Gasteiger partial charge in [0.15, 0.2) is 0 Å². The van der Waals surface area contributed by atoms with Crippen LogP contribution in [0.4, 0.5) is 10.1 Å². The number of hydrogen-bond donors (Lipinski definition) is 2. The third-order valence-corrected chi connectivity index (χ3v) is 4.94. The molecule has 2 amide bonds. The van der Waals surface area contributed by atoms with Gasteiger partial charge in [0.05, 0.1) is 11.9 Å². The highest BCUT2D eigenvalue weighted by Crippen LogP contribution is 2.20. The molecule has 0 fully saturated rings. The van der Waals surface area contributed by atoms with E-state index in [9.17, 15) is 18.8 Å². The molecule has 0 saturated heterocycles. The van der Waals surface area contributed by atoms with Crippen molar-refractivity contribution < 1.29 is 23.5 Å². The first kappa shape index (κ1) is 21.3. The van der Waals surface area contributed by atoms with Crippen LogP contribution in [0.15, 0.2) is 69.6 Å². The van der Waals surface area contributed by atoms with Gasteiger partial charge in [0.25, 0.3) is 0 Å². The molecule has 1 aromatic heterocycles. The summed E-state index contributed by atoms with van der Waals surface area (Å²) >= 11 is 4.34. The summed E-state index contributed by atoms with van der Waals surface area (Å²) < 4.78 is 19.6. The summed E-state index contributed by atoms with van der Waals surface area (Å²) in [5.41, 5.74) is 2.30. The van der Waals surface area contributed by atoms with Gasteiger partial charge in [-0.3, -0.25) is 9.59 Å². The van der Waals surface area contributed by atoms with Crippen LogP contribution in [0.3, 0.4) is 0 Å². The highest BCUT2D eigenvalue weighted by Gasteiger charge is 2.15. The Bertz CT molecular complexity index is 1120. The molecule has 2 N–H and O–H groups in total. The van der Waals surface area contributed by atoms with Crippen LogP contribution in [-0.2, 0) is 9.59 Å². The zero-order valence-electron chi connectivity index (χ0n) is 15.1. The molecule has 0 atom stereocenters. The standard InChI is InChI=1S/C20H13BrFN3O4S/c21-13-7-8-15(14(22)10-13)24-18(26)19(27)25-23-11-12-4-1-2-5-16(12)29-20(28)17-6-3-9-30-17/h1-11H,(H,24,26)(H,25,27)/b23-11+. The maximum absolute atomic E-state index is 13.8. The Hall–Kier alpha value is -3.37. The first-order valence-electron chi connectivity index (χ1n) is 8.38. The SMILES string of the molecule is O=C(N/N=C/c1ccccc1OC(=O)c1cccs1)C(=O)Nc1ccc(Br)cc1F. The molecular formula is C20H13BrFN3O4S. The number of hydrogen-bond acceptors (Lipinski definition) is 6. The topological polar surface area (TPSA) is 96.9 Å². The van der Waals surface area contributed by atoms with Crippen molar-refractivity contribution >= 4 is 57.0 Å². The van der Waals surface area contributed by atoms with Crippen LogP contribution >= 0.6 is 27.3 Å². The molecule has 0 saturated carbocycles. The fourth-order valence-electron chi connectivity index (χ4n) is 2.21. The number of rotatable bonds is 5. The Morgan fingerprint density at radius 2 is 1.87 bits per heavy atom. The van der Waals surface area contributed by atoms with E-state index in [2.05, 4.69) is 26.3 Å². The maximum Gasteiger partial charge on any atom is 0.353 e. The highest BCUT2D eigenvalue weighted by molar-refractivity contribution is 9.10. The molecule has 1 heterocycles. The fourth-order valence-corrected chi connectivity index (χ4v) is 3.14. The molecule has 0 spiro atoms. The monoisotopic (exact) mass is 489 g/mol. The third-order valence-electron chi connectivity index (χ3n) is 3.60. The lowest BCUT2D eigenvalue weighted by Crippen LogP contribution is -2.32. The summed E-state index contributed by atoms with van der Waals surface area (Å²) in [5, 5.41) is 7.60. The van der Waals surface area contributed by atoms with E-state index in [0.717, 1.165) is 6.07 Å². The van der Waals surface area contributed by atoms with Crippen molar-refractivity contribution in [2.24, 2.45) is 5.10 Å². The number of esters is 1. The van der Waals surface area contributed by atoms with E-state index in [0.29, 0.717) is 14.9 Å². The minimum atomic E-state index is -1.10. The second-order valence-corrected chi connectivity index (χ2v) is 7.55. The number of amides is 2. The number of carbonyl (C=O) groups is 3. The maximum atomic E-state index is 13.8. The van der Waals surface area contributed by atoms with Crippen LogP contribution in [0.1, 0.15) is 15.2 Å². The van der Waals surface area contributed by atoms with E-state index in [1.807, 2.05) is 5.43 Å². The predicted molar refractivity (Wildman–Crippen MR) is 114 cm³/mol. The normalized spacial score (nSPS) is 10.6. The van der Waals surface area contributed by atoms with Crippen LogP contribution in [-0.4, -0.2) is 24.0 Å². The number of nitrogens with one attached hydrogen (secondary N) is 2. The van der Waals surface area contributed by atoms with Crippen LogP contribution in [0.5, 0.6) is 5.75 Å². The third kappa shape index (κ3) is 5.58. The molecule has 0 aliphatic rings. The van der Waals surface area contributed by atoms with Gasteiger partial charge < -0.3 is 10.1 Å². The molecule has 0 unspecified atom stereocenters. The molecule has 10 heteroatoms.